The number of aromatic nitrogens is 1. The Morgan fingerprint density at radius 2 is 1.96 bits per heavy atom. The number of benzene rings is 1. The highest BCUT2D eigenvalue weighted by Crippen LogP contribution is 2.32. The van der Waals surface area contributed by atoms with Gasteiger partial charge in [-0.05, 0) is 18.1 Å². The molecule has 0 saturated carbocycles. The molecule has 132 valence electrons. The van der Waals surface area contributed by atoms with Crippen LogP contribution in [0.15, 0.2) is 24.3 Å². The van der Waals surface area contributed by atoms with Gasteiger partial charge in [0, 0.05) is 29.6 Å². The van der Waals surface area contributed by atoms with E-state index in [-0.39, 0.29) is 24.4 Å². The molecule has 2 aliphatic rings. The maximum Gasteiger partial charge on any atom is 0.246 e. The van der Waals surface area contributed by atoms with Gasteiger partial charge < -0.3 is 14.8 Å². The van der Waals surface area contributed by atoms with Crippen LogP contribution >= 0.6 is 0 Å². The minimum absolute atomic E-state index is 0.0735. The number of fused-ring (bicyclic) bond motifs is 4. The van der Waals surface area contributed by atoms with Gasteiger partial charge in [-0.3, -0.25) is 9.59 Å². The van der Waals surface area contributed by atoms with Crippen LogP contribution in [0, 0.1) is 0 Å². The zero-order valence-corrected chi connectivity index (χ0v) is 14.8. The van der Waals surface area contributed by atoms with Crippen molar-refractivity contribution in [3.63, 3.8) is 0 Å². The molecule has 2 aromatic rings. The Bertz CT molecular complexity index is 810. The highest BCUT2D eigenvalue weighted by Gasteiger charge is 2.42. The summed E-state index contributed by atoms with van der Waals surface area (Å²) in [5.41, 5.74) is 3.37. The topological polar surface area (TPSA) is 56.4 Å². The lowest BCUT2D eigenvalue weighted by atomic mass is 9.94. The summed E-state index contributed by atoms with van der Waals surface area (Å²) in [6.07, 6.45) is 5.08. The number of carbonyl (C=O) groups is 2. The smallest absolute Gasteiger partial charge is 0.246 e. The average Bonchev–Trinajstić information content (AvgIpc) is 2.99. The van der Waals surface area contributed by atoms with Gasteiger partial charge in [-0.25, -0.2) is 0 Å². The number of piperazine rings is 1. The Morgan fingerprint density at radius 3 is 2.80 bits per heavy atom. The molecule has 5 heteroatoms. The molecule has 2 aliphatic heterocycles. The van der Waals surface area contributed by atoms with Crippen molar-refractivity contribution in [2.45, 2.75) is 51.6 Å². The number of H-pyrrole nitrogens is 1. The van der Waals surface area contributed by atoms with Crippen molar-refractivity contribution in [3.8, 4) is 0 Å². The average molecular weight is 339 g/mol. The largest absolute Gasteiger partial charge is 0.357 e. The molecule has 3 heterocycles. The van der Waals surface area contributed by atoms with Gasteiger partial charge in [-0.15, -0.1) is 0 Å². The van der Waals surface area contributed by atoms with Gasteiger partial charge in [-0.2, -0.15) is 0 Å². The molecule has 0 unspecified atom stereocenters. The fraction of sp³-hybridized carbons (Fsp3) is 0.500. The van der Waals surface area contributed by atoms with Gasteiger partial charge in [0.05, 0.1) is 13.1 Å². The van der Waals surface area contributed by atoms with E-state index in [9.17, 15) is 9.59 Å². The van der Waals surface area contributed by atoms with E-state index in [4.69, 9.17) is 0 Å². The summed E-state index contributed by atoms with van der Waals surface area (Å²) < 4.78 is 0. The Labute approximate surface area is 148 Å². The molecule has 0 radical (unpaired) electrons. The number of carbonyl (C=O) groups excluding carboxylic acids is 2. The maximum atomic E-state index is 13.0. The molecule has 1 fully saturated rings. The first kappa shape index (κ1) is 16.2. The zero-order chi connectivity index (χ0) is 17.4. The second kappa shape index (κ2) is 6.54. The molecule has 1 saturated heterocycles. The third kappa shape index (κ3) is 2.81. The summed E-state index contributed by atoms with van der Waals surface area (Å²) in [4.78, 5) is 32.5. The first-order valence-corrected chi connectivity index (χ1v) is 9.35. The van der Waals surface area contributed by atoms with E-state index in [2.05, 4.69) is 24.0 Å². The van der Waals surface area contributed by atoms with Gasteiger partial charge in [-0.1, -0.05) is 44.4 Å². The van der Waals surface area contributed by atoms with Crippen molar-refractivity contribution in [1.29, 1.82) is 0 Å². The van der Waals surface area contributed by atoms with E-state index in [1.165, 1.54) is 23.8 Å². The van der Waals surface area contributed by atoms with Crippen LogP contribution in [0.5, 0.6) is 0 Å². The predicted molar refractivity (Wildman–Crippen MR) is 97.1 cm³/mol. The molecule has 1 N–H and O–H groups in total. The van der Waals surface area contributed by atoms with Gasteiger partial charge >= 0.3 is 0 Å². The standard InChI is InChI=1S/C20H25N3O2/c1-2-3-4-7-10-22-13-19(24)23-12-17-15(11-18(23)20(22)25)14-8-5-6-9-16(14)21-17/h5-6,8-9,18,21H,2-4,7,10-13H2,1H3/t18-/m1/s1. The van der Waals surface area contributed by atoms with Crippen molar-refractivity contribution in [2.24, 2.45) is 0 Å². The lowest BCUT2D eigenvalue weighted by Gasteiger charge is -2.42. The minimum atomic E-state index is -0.334. The van der Waals surface area contributed by atoms with Crippen LogP contribution in [0.3, 0.4) is 0 Å². The summed E-state index contributed by atoms with van der Waals surface area (Å²) in [7, 11) is 0. The highest BCUT2D eigenvalue weighted by molar-refractivity contribution is 5.96. The van der Waals surface area contributed by atoms with E-state index in [1.54, 1.807) is 9.80 Å². The number of rotatable bonds is 5. The summed E-state index contributed by atoms with van der Waals surface area (Å²) in [6, 6.07) is 7.84. The molecule has 2 amide bonds. The van der Waals surface area contributed by atoms with Gasteiger partial charge in [0.25, 0.3) is 0 Å². The summed E-state index contributed by atoms with van der Waals surface area (Å²) in [5, 5.41) is 1.18. The van der Waals surface area contributed by atoms with Crippen molar-refractivity contribution < 1.29 is 9.59 Å². The van der Waals surface area contributed by atoms with E-state index in [0.29, 0.717) is 19.5 Å². The fourth-order valence-electron chi connectivity index (χ4n) is 4.15. The van der Waals surface area contributed by atoms with Gasteiger partial charge in [0.15, 0.2) is 0 Å². The predicted octanol–water partition coefficient (Wildman–Crippen LogP) is 2.84. The number of hydrogen-bond donors (Lipinski definition) is 1. The molecular weight excluding hydrogens is 314 g/mol. The third-order valence-electron chi connectivity index (χ3n) is 5.53. The molecule has 25 heavy (non-hydrogen) atoms. The molecule has 1 aromatic heterocycles. The number of nitrogens with zero attached hydrogens (tertiary/aromatic N) is 2. The molecule has 5 nitrogen and oxygen atoms in total. The third-order valence-corrected chi connectivity index (χ3v) is 5.53. The maximum absolute atomic E-state index is 13.0. The van der Waals surface area contributed by atoms with Crippen LogP contribution in [0.25, 0.3) is 10.9 Å². The number of aromatic amines is 1. The molecule has 1 aromatic carbocycles. The van der Waals surface area contributed by atoms with E-state index in [0.717, 1.165) is 24.1 Å². The van der Waals surface area contributed by atoms with Gasteiger partial charge in [0.2, 0.25) is 11.8 Å². The first-order chi connectivity index (χ1) is 12.2. The molecule has 0 spiro atoms. The van der Waals surface area contributed by atoms with Crippen LogP contribution < -0.4 is 0 Å². The Kier molecular flexibility index (Phi) is 4.24. The first-order valence-electron chi connectivity index (χ1n) is 9.35. The SMILES string of the molecule is CCCCCCN1CC(=O)N2Cc3[nH]c4ccccc4c3C[C@@H]2C1=O. The van der Waals surface area contributed by atoms with Crippen LogP contribution in [-0.2, 0) is 22.6 Å². The Morgan fingerprint density at radius 1 is 1.12 bits per heavy atom. The van der Waals surface area contributed by atoms with Crippen LogP contribution in [0.1, 0.15) is 43.9 Å². The van der Waals surface area contributed by atoms with Crippen molar-refractivity contribution in [2.75, 3.05) is 13.1 Å². The molecular formula is C20H25N3O2. The van der Waals surface area contributed by atoms with E-state index in [1.807, 2.05) is 12.1 Å². The quantitative estimate of drug-likeness (QED) is 0.852. The number of unbranched alkanes of at least 4 members (excludes halogenated alkanes) is 3. The lowest BCUT2D eigenvalue weighted by molar-refractivity contribution is -0.157. The summed E-state index contributed by atoms with van der Waals surface area (Å²) in [6.45, 7) is 3.63. The van der Waals surface area contributed by atoms with E-state index >= 15 is 0 Å². The number of hydrogen-bond acceptors (Lipinski definition) is 2. The van der Waals surface area contributed by atoms with Crippen LogP contribution in [0.2, 0.25) is 0 Å². The molecule has 0 aliphatic carbocycles. The van der Waals surface area contributed by atoms with Crippen LogP contribution in [0.4, 0.5) is 0 Å². The van der Waals surface area contributed by atoms with Crippen molar-refractivity contribution in [3.05, 3.63) is 35.5 Å². The highest BCUT2D eigenvalue weighted by atomic mass is 16.2. The summed E-state index contributed by atoms with van der Waals surface area (Å²) >= 11 is 0. The van der Waals surface area contributed by atoms with E-state index < -0.39 is 0 Å². The normalized spacial score (nSPS) is 20.1. The number of amides is 2. The molecule has 4 rings (SSSR count). The second-order valence-corrected chi connectivity index (χ2v) is 7.19. The lowest BCUT2D eigenvalue weighted by Crippen LogP contribution is -2.61. The second-order valence-electron chi connectivity index (χ2n) is 7.19. The minimum Gasteiger partial charge on any atom is -0.357 e. The fourth-order valence-corrected chi connectivity index (χ4v) is 4.15. The van der Waals surface area contributed by atoms with Gasteiger partial charge in [0.1, 0.15) is 6.04 Å². The number of para-hydroxylation sites is 1. The zero-order valence-electron chi connectivity index (χ0n) is 14.8. The Balaban J connectivity index is 1.56. The molecule has 0 bridgehead atoms. The summed E-state index contributed by atoms with van der Waals surface area (Å²) in [5.74, 6) is 0.191. The number of nitrogens with one attached hydrogen (secondary N) is 1. The monoisotopic (exact) mass is 339 g/mol. The van der Waals surface area contributed by atoms with Crippen molar-refractivity contribution in [1.82, 2.24) is 14.8 Å². The molecule has 1 atom stereocenters. The van der Waals surface area contributed by atoms with Crippen LogP contribution in [-0.4, -0.2) is 45.7 Å². The Hall–Kier alpha value is -2.30. The van der Waals surface area contributed by atoms with Crippen molar-refractivity contribution >= 4 is 22.7 Å².